The number of carbonyl (C=O) groups is 1. The normalized spacial score (nSPS) is 10.5. The predicted molar refractivity (Wildman–Crippen MR) is 88.7 cm³/mol. The zero-order chi connectivity index (χ0) is 14.7. The molecule has 0 aliphatic heterocycles. The maximum Gasteiger partial charge on any atom is 0.358 e. The standard InChI is InChI=1S/C15H10BrNO2S2/c16-13-6-10(8-20-13)7-19-15(18)12-9-21-14(17-12)11-4-2-1-3-5-11/h1-6,8-9H,7H2. The summed E-state index contributed by atoms with van der Waals surface area (Å²) in [6.07, 6.45) is 0. The first-order valence-electron chi connectivity index (χ1n) is 6.13. The van der Waals surface area contributed by atoms with Crippen molar-refractivity contribution < 1.29 is 9.53 Å². The number of hydrogen-bond acceptors (Lipinski definition) is 5. The van der Waals surface area contributed by atoms with Crippen LogP contribution in [0.3, 0.4) is 0 Å². The average molecular weight is 380 g/mol. The molecule has 0 saturated carbocycles. The molecule has 0 aliphatic carbocycles. The van der Waals surface area contributed by atoms with Crippen LogP contribution < -0.4 is 0 Å². The lowest BCUT2D eigenvalue weighted by Gasteiger charge is -2.00. The van der Waals surface area contributed by atoms with Gasteiger partial charge in [-0.1, -0.05) is 30.3 Å². The van der Waals surface area contributed by atoms with Crippen LogP contribution in [-0.2, 0) is 11.3 Å². The van der Waals surface area contributed by atoms with Crippen molar-refractivity contribution in [1.29, 1.82) is 0 Å². The quantitative estimate of drug-likeness (QED) is 0.599. The number of aromatic nitrogens is 1. The molecule has 6 heteroatoms. The molecule has 3 aromatic rings. The van der Waals surface area contributed by atoms with Gasteiger partial charge in [0.1, 0.15) is 11.6 Å². The molecule has 0 fully saturated rings. The van der Waals surface area contributed by atoms with Crippen molar-refractivity contribution >= 4 is 44.6 Å². The van der Waals surface area contributed by atoms with Gasteiger partial charge in [0, 0.05) is 16.5 Å². The van der Waals surface area contributed by atoms with E-state index in [1.54, 1.807) is 16.7 Å². The number of hydrogen-bond donors (Lipinski definition) is 0. The smallest absolute Gasteiger partial charge is 0.358 e. The molecule has 0 atom stereocenters. The van der Waals surface area contributed by atoms with Gasteiger partial charge >= 0.3 is 5.97 Å². The maximum absolute atomic E-state index is 12.0. The van der Waals surface area contributed by atoms with Gasteiger partial charge in [-0.25, -0.2) is 9.78 Å². The van der Waals surface area contributed by atoms with Gasteiger partial charge in [0.25, 0.3) is 0 Å². The van der Waals surface area contributed by atoms with E-state index < -0.39 is 5.97 Å². The van der Waals surface area contributed by atoms with Gasteiger partial charge in [0.05, 0.1) is 3.79 Å². The molecule has 0 unspecified atom stereocenters. The zero-order valence-electron chi connectivity index (χ0n) is 10.8. The van der Waals surface area contributed by atoms with E-state index >= 15 is 0 Å². The summed E-state index contributed by atoms with van der Waals surface area (Å²) >= 11 is 6.39. The van der Waals surface area contributed by atoms with Crippen LogP contribution in [0.25, 0.3) is 10.6 Å². The number of ether oxygens (including phenoxy) is 1. The van der Waals surface area contributed by atoms with Gasteiger partial charge in [-0.3, -0.25) is 0 Å². The van der Waals surface area contributed by atoms with Gasteiger partial charge in [0.2, 0.25) is 0 Å². The van der Waals surface area contributed by atoms with Gasteiger partial charge in [-0.2, -0.15) is 0 Å². The fraction of sp³-hybridized carbons (Fsp3) is 0.0667. The van der Waals surface area contributed by atoms with E-state index in [9.17, 15) is 4.79 Å². The van der Waals surface area contributed by atoms with E-state index in [4.69, 9.17) is 4.74 Å². The number of nitrogens with zero attached hydrogens (tertiary/aromatic N) is 1. The Morgan fingerprint density at radius 3 is 2.71 bits per heavy atom. The monoisotopic (exact) mass is 379 g/mol. The fourth-order valence-electron chi connectivity index (χ4n) is 1.73. The Balaban J connectivity index is 1.67. The first-order valence-corrected chi connectivity index (χ1v) is 8.68. The van der Waals surface area contributed by atoms with Crippen molar-refractivity contribution in [2.45, 2.75) is 6.61 Å². The molecule has 2 heterocycles. The third-order valence-electron chi connectivity index (χ3n) is 2.73. The summed E-state index contributed by atoms with van der Waals surface area (Å²) in [5.74, 6) is -0.393. The summed E-state index contributed by atoms with van der Waals surface area (Å²) < 4.78 is 6.29. The summed E-state index contributed by atoms with van der Waals surface area (Å²) in [5.41, 5.74) is 2.33. The third-order valence-corrected chi connectivity index (χ3v) is 5.17. The van der Waals surface area contributed by atoms with E-state index in [1.807, 2.05) is 41.8 Å². The number of esters is 1. The minimum atomic E-state index is -0.393. The van der Waals surface area contributed by atoms with Crippen LogP contribution in [0.2, 0.25) is 0 Å². The molecule has 3 nitrogen and oxygen atoms in total. The summed E-state index contributed by atoms with van der Waals surface area (Å²) in [6, 6.07) is 11.7. The number of benzene rings is 1. The fourth-order valence-corrected chi connectivity index (χ4v) is 3.71. The number of halogens is 1. The van der Waals surface area contributed by atoms with E-state index in [0.717, 1.165) is 19.9 Å². The largest absolute Gasteiger partial charge is 0.456 e. The molecule has 2 aromatic heterocycles. The van der Waals surface area contributed by atoms with Crippen LogP contribution in [0.1, 0.15) is 16.1 Å². The average Bonchev–Trinajstić information content (AvgIpc) is 3.15. The molecule has 0 aliphatic rings. The second kappa shape index (κ2) is 6.51. The van der Waals surface area contributed by atoms with E-state index in [-0.39, 0.29) is 6.61 Å². The lowest BCUT2D eigenvalue weighted by atomic mass is 10.2. The molecule has 0 N–H and O–H groups in total. The van der Waals surface area contributed by atoms with Gasteiger partial charge in [-0.05, 0) is 27.4 Å². The Morgan fingerprint density at radius 1 is 1.19 bits per heavy atom. The van der Waals surface area contributed by atoms with Crippen molar-refractivity contribution in [2.75, 3.05) is 0 Å². The lowest BCUT2D eigenvalue weighted by Crippen LogP contribution is -2.05. The van der Waals surface area contributed by atoms with Crippen molar-refractivity contribution in [1.82, 2.24) is 4.98 Å². The zero-order valence-corrected chi connectivity index (χ0v) is 14.0. The number of thiazole rings is 1. The number of thiophene rings is 1. The Morgan fingerprint density at radius 2 is 2.00 bits per heavy atom. The number of rotatable bonds is 4. The van der Waals surface area contributed by atoms with Crippen molar-refractivity contribution in [3.05, 3.63) is 62.2 Å². The van der Waals surface area contributed by atoms with E-state index in [2.05, 4.69) is 20.9 Å². The highest BCUT2D eigenvalue weighted by Gasteiger charge is 2.13. The second-order valence-corrected chi connectivity index (χ2v) is 7.39. The summed E-state index contributed by atoms with van der Waals surface area (Å²) in [5, 5.41) is 4.50. The Labute approximate surface area is 138 Å². The van der Waals surface area contributed by atoms with Crippen LogP contribution in [0.5, 0.6) is 0 Å². The van der Waals surface area contributed by atoms with Crippen LogP contribution in [0.4, 0.5) is 0 Å². The highest BCUT2D eigenvalue weighted by Crippen LogP contribution is 2.24. The molecule has 21 heavy (non-hydrogen) atoms. The topological polar surface area (TPSA) is 39.2 Å². The minimum absolute atomic E-state index is 0.263. The van der Waals surface area contributed by atoms with Crippen molar-refractivity contribution in [3.63, 3.8) is 0 Å². The Hall–Kier alpha value is -1.50. The molecule has 0 radical (unpaired) electrons. The van der Waals surface area contributed by atoms with Crippen molar-refractivity contribution in [2.24, 2.45) is 0 Å². The first kappa shape index (κ1) is 14.4. The third kappa shape index (κ3) is 3.58. The molecule has 106 valence electrons. The second-order valence-electron chi connectivity index (χ2n) is 4.24. The first-order chi connectivity index (χ1) is 10.2. The molecular formula is C15H10BrNO2S2. The van der Waals surface area contributed by atoms with E-state index in [1.165, 1.54) is 11.3 Å². The summed E-state index contributed by atoms with van der Waals surface area (Å²) in [4.78, 5) is 16.3. The van der Waals surface area contributed by atoms with Gasteiger partial charge in [0.15, 0.2) is 5.69 Å². The van der Waals surface area contributed by atoms with Gasteiger partial charge in [-0.15, -0.1) is 22.7 Å². The molecule has 0 saturated heterocycles. The van der Waals surface area contributed by atoms with Crippen LogP contribution in [-0.4, -0.2) is 11.0 Å². The van der Waals surface area contributed by atoms with Crippen LogP contribution >= 0.6 is 38.6 Å². The lowest BCUT2D eigenvalue weighted by molar-refractivity contribution is 0.0467. The van der Waals surface area contributed by atoms with Gasteiger partial charge < -0.3 is 4.74 Å². The summed E-state index contributed by atoms with van der Waals surface area (Å²) in [6.45, 7) is 0.263. The molecule has 0 bridgehead atoms. The highest BCUT2D eigenvalue weighted by atomic mass is 79.9. The van der Waals surface area contributed by atoms with Crippen molar-refractivity contribution in [3.8, 4) is 10.6 Å². The molecule has 0 amide bonds. The summed E-state index contributed by atoms with van der Waals surface area (Å²) in [7, 11) is 0. The predicted octanol–water partition coefficient (Wildman–Crippen LogP) is 4.99. The Kier molecular flexibility index (Phi) is 4.48. The molecule has 3 rings (SSSR count). The molecule has 1 aromatic carbocycles. The SMILES string of the molecule is O=C(OCc1csc(Br)c1)c1csc(-c2ccccc2)n1. The number of carbonyl (C=O) groups excluding carboxylic acids is 1. The van der Waals surface area contributed by atoms with E-state index in [0.29, 0.717) is 5.69 Å². The molecule has 0 spiro atoms. The molecular weight excluding hydrogens is 370 g/mol. The van der Waals surface area contributed by atoms with Crippen LogP contribution in [0, 0.1) is 0 Å². The van der Waals surface area contributed by atoms with Crippen LogP contribution in [0.15, 0.2) is 50.9 Å². The maximum atomic E-state index is 12.0. The minimum Gasteiger partial charge on any atom is -0.456 e. The highest BCUT2D eigenvalue weighted by molar-refractivity contribution is 9.11. The Bertz CT molecular complexity index is 752.